The summed E-state index contributed by atoms with van der Waals surface area (Å²) in [6.07, 6.45) is 0. The zero-order valence-electron chi connectivity index (χ0n) is 11.4. The lowest BCUT2D eigenvalue weighted by Gasteiger charge is -2.06. The topological polar surface area (TPSA) is 55.4 Å². The minimum absolute atomic E-state index is 0.271. The Labute approximate surface area is 135 Å². The first kappa shape index (κ1) is 15.7. The summed E-state index contributed by atoms with van der Waals surface area (Å²) in [6.45, 7) is 1.97. The van der Waals surface area contributed by atoms with Gasteiger partial charge in [-0.25, -0.2) is 4.79 Å². The van der Waals surface area contributed by atoms with Gasteiger partial charge in [-0.15, -0.1) is 11.3 Å². The fourth-order valence-corrected chi connectivity index (χ4v) is 2.71. The number of halogens is 1. The maximum absolute atomic E-state index is 11.7. The number of nitrogens with one attached hydrogen (secondary N) is 1. The third-order valence-corrected chi connectivity index (χ3v) is 4.31. The van der Waals surface area contributed by atoms with Gasteiger partial charge in [-0.3, -0.25) is 4.79 Å². The molecule has 0 fully saturated rings. The molecule has 0 spiro atoms. The lowest BCUT2D eigenvalue weighted by Crippen LogP contribution is -2.28. The Kier molecular flexibility index (Phi) is 5.52. The highest BCUT2D eigenvalue weighted by atomic mass is 79.9. The number of rotatable bonds is 5. The summed E-state index contributed by atoms with van der Waals surface area (Å²) in [4.78, 5) is 23.9. The molecule has 1 heterocycles. The molecule has 0 aliphatic carbocycles. The molecule has 1 aromatic heterocycles. The number of thiophene rings is 1. The number of esters is 1. The number of carbonyl (C=O) groups is 2. The van der Waals surface area contributed by atoms with Gasteiger partial charge < -0.3 is 10.1 Å². The van der Waals surface area contributed by atoms with E-state index in [0.29, 0.717) is 11.4 Å². The molecular weight excluding hydrogens is 354 g/mol. The normalized spacial score (nSPS) is 10.2. The van der Waals surface area contributed by atoms with Gasteiger partial charge in [0.2, 0.25) is 0 Å². The second kappa shape index (κ2) is 7.38. The van der Waals surface area contributed by atoms with Gasteiger partial charge in [0.25, 0.3) is 5.91 Å². The summed E-state index contributed by atoms with van der Waals surface area (Å²) in [7, 11) is 0. The predicted molar refractivity (Wildman–Crippen MR) is 85.3 cm³/mol. The average Bonchev–Trinajstić information content (AvgIpc) is 2.90. The highest BCUT2D eigenvalue weighted by Gasteiger charge is 2.13. The minimum Gasteiger partial charge on any atom is -0.451 e. The van der Waals surface area contributed by atoms with E-state index in [1.807, 2.05) is 42.6 Å². The molecule has 0 radical (unpaired) electrons. The third-order valence-electron chi connectivity index (χ3n) is 2.78. The molecule has 110 valence electrons. The molecule has 2 rings (SSSR count). The van der Waals surface area contributed by atoms with Crippen LogP contribution >= 0.6 is 27.3 Å². The van der Waals surface area contributed by atoms with Crippen molar-refractivity contribution in [3.8, 4) is 0 Å². The van der Waals surface area contributed by atoms with E-state index in [1.165, 1.54) is 11.3 Å². The van der Waals surface area contributed by atoms with E-state index in [1.54, 1.807) is 0 Å². The standard InChI is InChI=1S/C15H14BrNO3S/c1-10-6-7-21-14(10)15(19)20-9-13(18)17-8-11-2-4-12(16)5-3-11/h2-7H,8-9H2,1H3,(H,17,18). The van der Waals surface area contributed by atoms with Gasteiger partial charge in [-0.05, 0) is 41.6 Å². The van der Waals surface area contributed by atoms with Crippen molar-refractivity contribution in [3.63, 3.8) is 0 Å². The monoisotopic (exact) mass is 367 g/mol. The van der Waals surface area contributed by atoms with Crippen molar-refractivity contribution < 1.29 is 14.3 Å². The molecule has 21 heavy (non-hydrogen) atoms. The lowest BCUT2D eigenvalue weighted by atomic mass is 10.2. The van der Waals surface area contributed by atoms with Gasteiger partial charge in [0.1, 0.15) is 4.88 Å². The third kappa shape index (κ3) is 4.68. The molecule has 1 aromatic carbocycles. The fourth-order valence-electron chi connectivity index (χ4n) is 1.63. The quantitative estimate of drug-likeness (QED) is 0.824. The Morgan fingerprint density at radius 3 is 2.57 bits per heavy atom. The van der Waals surface area contributed by atoms with E-state index in [9.17, 15) is 9.59 Å². The fraction of sp³-hybridized carbons (Fsp3) is 0.200. The first-order valence-electron chi connectivity index (χ1n) is 6.28. The molecule has 0 aliphatic heterocycles. The summed E-state index contributed by atoms with van der Waals surface area (Å²) < 4.78 is 5.97. The van der Waals surface area contributed by atoms with Gasteiger partial charge in [0.05, 0.1) is 0 Å². The second-order valence-corrected chi connectivity index (χ2v) is 6.24. The Morgan fingerprint density at radius 1 is 1.24 bits per heavy atom. The molecule has 0 saturated carbocycles. The molecule has 1 amide bonds. The van der Waals surface area contributed by atoms with Gasteiger partial charge >= 0.3 is 5.97 Å². The molecule has 0 saturated heterocycles. The summed E-state index contributed by atoms with van der Waals surface area (Å²) >= 11 is 4.66. The highest BCUT2D eigenvalue weighted by Crippen LogP contribution is 2.16. The van der Waals surface area contributed by atoms with Crippen molar-refractivity contribution >= 4 is 39.1 Å². The average molecular weight is 368 g/mol. The number of hydrogen-bond acceptors (Lipinski definition) is 4. The SMILES string of the molecule is Cc1ccsc1C(=O)OCC(=O)NCc1ccc(Br)cc1. The van der Waals surface area contributed by atoms with E-state index in [2.05, 4.69) is 21.2 Å². The van der Waals surface area contributed by atoms with Crippen molar-refractivity contribution in [1.29, 1.82) is 0 Å². The van der Waals surface area contributed by atoms with E-state index in [4.69, 9.17) is 4.74 Å². The van der Waals surface area contributed by atoms with E-state index >= 15 is 0 Å². The van der Waals surface area contributed by atoms with Gasteiger partial charge in [-0.2, -0.15) is 0 Å². The second-order valence-electron chi connectivity index (χ2n) is 4.41. The van der Waals surface area contributed by atoms with Gasteiger partial charge in [-0.1, -0.05) is 28.1 Å². The zero-order valence-corrected chi connectivity index (χ0v) is 13.8. The predicted octanol–water partition coefficient (Wildman–Crippen LogP) is 3.29. The first-order valence-corrected chi connectivity index (χ1v) is 7.96. The Bertz CT molecular complexity index is 637. The van der Waals surface area contributed by atoms with Gasteiger partial charge in [0.15, 0.2) is 6.61 Å². The maximum Gasteiger partial charge on any atom is 0.349 e. The number of hydrogen-bond donors (Lipinski definition) is 1. The van der Waals surface area contributed by atoms with Crippen molar-refractivity contribution in [3.05, 3.63) is 56.2 Å². The van der Waals surface area contributed by atoms with Gasteiger partial charge in [0, 0.05) is 11.0 Å². The number of benzene rings is 1. The van der Waals surface area contributed by atoms with Crippen molar-refractivity contribution in [2.24, 2.45) is 0 Å². The summed E-state index contributed by atoms with van der Waals surface area (Å²) in [5.41, 5.74) is 1.84. The van der Waals surface area contributed by atoms with Crippen molar-refractivity contribution in [2.75, 3.05) is 6.61 Å². The van der Waals surface area contributed by atoms with E-state index in [-0.39, 0.29) is 12.5 Å². The maximum atomic E-state index is 11.7. The number of carbonyl (C=O) groups excluding carboxylic acids is 2. The zero-order chi connectivity index (χ0) is 15.2. The molecule has 6 heteroatoms. The molecule has 0 aliphatic rings. The van der Waals surface area contributed by atoms with Crippen LogP contribution in [-0.4, -0.2) is 18.5 Å². The summed E-state index contributed by atoms with van der Waals surface area (Å²) in [6, 6.07) is 9.47. The number of ether oxygens (including phenoxy) is 1. The highest BCUT2D eigenvalue weighted by molar-refractivity contribution is 9.10. The van der Waals surface area contributed by atoms with Crippen LogP contribution in [0.15, 0.2) is 40.2 Å². The van der Waals surface area contributed by atoms with E-state index < -0.39 is 5.97 Å². The van der Waals surface area contributed by atoms with Crippen LogP contribution in [0.4, 0.5) is 0 Å². The van der Waals surface area contributed by atoms with Crippen LogP contribution in [0, 0.1) is 6.92 Å². The Balaban J connectivity index is 1.76. The van der Waals surface area contributed by atoms with Crippen LogP contribution < -0.4 is 5.32 Å². The Morgan fingerprint density at radius 2 is 1.95 bits per heavy atom. The Hall–Kier alpha value is -1.66. The molecule has 0 unspecified atom stereocenters. The molecule has 1 N–H and O–H groups in total. The summed E-state index contributed by atoms with van der Waals surface area (Å²) in [5.74, 6) is -0.776. The first-order chi connectivity index (χ1) is 10.1. The van der Waals surface area contributed by atoms with Crippen molar-refractivity contribution in [2.45, 2.75) is 13.5 Å². The molecule has 0 atom stereocenters. The molecule has 2 aromatic rings. The number of aryl methyl sites for hydroxylation is 1. The van der Waals surface area contributed by atoms with Crippen molar-refractivity contribution in [1.82, 2.24) is 5.32 Å². The molecular formula is C15H14BrNO3S. The van der Waals surface area contributed by atoms with Crippen LogP contribution in [0.5, 0.6) is 0 Å². The summed E-state index contributed by atoms with van der Waals surface area (Å²) in [5, 5.41) is 4.52. The largest absolute Gasteiger partial charge is 0.451 e. The minimum atomic E-state index is -0.457. The van der Waals surface area contributed by atoms with Crippen LogP contribution in [0.1, 0.15) is 20.8 Å². The smallest absolute Gasteiger partial charge is 0.349 e. The van der Waals surface area contributed by atoms with E-state index in [0.717, 1.165) is 15.6 Å². The lowest BCUT2D eigenvalue weighted by molar-refractivity contribution is -0.124. The van der Waals surface area contributed by atoms with Crippen LogP contribution in [-0.2, 0) is 16.1 Å². The van der Waals surface area contributed by atoms with Crippen LogP contribution in [0.2, 0.25) is 0 Å². The molecule has 0 bridgehead atoms. The van der Waals surface area contributed by atoms with Crippen LogP contribution in [0.3, 0.4) is 0 Å². The van der Waals surface area contributed by atoms with Crippen LogP contribution in [0.25, 0.3) is 0 Å². The molecule has 4 nitrogen and oxygen atoms in total. The number of amides is 1.